The minimum Gasteiger partial charge on any atom is -0.395 e. The van der Waals surface area contributed by atoms with Gasteiger partial charge in [0.05, 0.1) is 16.4 Å². The van der Waals surface area contributed by atoms with Gasteiger partial charge in [0.15, 0.2) is 0 Å². The van der Waals surface area contributed by atoms with Crippen molar-refractivity contribution >= 4 is 17.2 Å². The van der Waals surface area contributed by atoms with Crippen molar-refractivity contribution in [1.82, 2.24) is 5.32 Å². The Morgan fingerprint density at radius 3 is 2.90 bits per heavy atom. The van der Waals surface area contributed by atoms with Gasteiger partial charge in [0.2, 0.25) is 0 Å². The number of nitrogens with one attached hydrogen (secondary N) is 1. The molecule has 0 bridgehead atoms. The van der Waals surface area contributed by atoms with Gasteiger partial charge in [-0.25, -0.2) is 0 Å². The number of aliphatic hydroxyl groups is 1. The second kappa shape index (κ2) is 6.43. The summed E-state index contributed by atoms with van der Waals surface area (Å²) >= 11 is 1.43. The van der Waals surface area contributed by atoms with E-state index in [2.05, 4.69) is 24.1 Å². The number of carbonyl (C=O) groups is 1. The van der Waals surface area contributed by atoms with Gasteiger partial charge in [-0.15, -0.1) is 11.3 Å². The molecule has 1 saturated carbocycles. The van der Waals surface area contributed by atoms with Gasteiger partial charge in [0.25, 0.3) is 5.91 Å². The highest BCUT2D eigenvalue weighted by Crippen LogP contribution is 2.39. The first kappa shape index (κ1) is 15.1. The maximum atomic E-state index is 12.1. The summed E-state index contributed by atoms with van der Waals surface area (Å²) in [5.74, 6) is 5.91. The molecule has 0 atom stereocenters. The number of amides is 1. The molecule has 108 valence electrons. The first-order valence-electron chi connectivity index (χ1n) is 7.02. The van der Waals surface area contributed by atoms with Crippen LogP contribution in [-0.4, -0.2) is 24.2 Å². The lowest BCUT2D eigenvalue weighted by Gasteiger charge is -2.38. The summed E-state index contributed by atoms with van der Waals surface area (Å²) in [4.78, 5) is 13.8. The lowest BCUT2D eigenvalue weighted by Crippen LogP contribution is -2.39. The van der Waals surface area contributed by atoms with Gasteiger partial charge >= 0.3 is 0 Å². The maximum absolute atomic E-state index is 12.1. The fourth-order valence-electron chi connectivity index (χ4n) is 2.25. The second-order valence-electron chi connectivity index (χ2n) is 5.75. The van der Waals surface area contributed by atoms with Crippen molar-refractivity contribution < 1.29 is 9.90 Å². The van der Waals surface area contributed by atoms with Crippen LogP contribution in [0, 0.1) is 24.2 Å². The summed E-state index contributed by atoms with van der Waals surface area (Å²) in [5.41, 5.74) is 1.33. The van der Waals surface area contributed by atoms with Gasteiger partial charge in [-0.2, -0.15) is 0 Å². The predicted molar refractivity (Wildman–Crippen MR) is 81.9 cm³/mol. The molecule has 1 aromatic rings. The molecule has 4 heteroatoms. The summed E-state index contributed by atoms with van der Waals surface area (Å²) in [7, 11) is 0. The summed E-state index contributed by atoms with van der Waals surface area (Å²) in [6.07, 6.45) is 4.15. The molecule has 1 heterocycles. The standard InChI is InChI=1S/C16H21NO2S/c1-12-10-14(20-13(12)6-3-4-9-18)15(19)17-11-16(2)7-5-8-16/h10,18H,4-5,7-9,11H2,1-2H3,(H,17,19). The van der Waals surface area contributed by atoms with Gasteiger partial charge < -0.3 is 10.4 Å². The second-order valence-corrected chi connectivity index (χ2v) is 6.80. The van der Waals surface area contributed by atoms with E-state index in [0.29, 0.717) is 11.8 Å². The van der Waals surface area contributed by atoms with Crippen LogP contribution in [0.1, 0.15) is 52.7 Å². The Bertz CT molecular complexity index is 547. The third-order valence-corrected chi connectivity index (χ3v) is 4.97. The van der Waals surface area contributed by atoms with Crippen LogP contribution in [0.15, 0.2) is 6.07 Å². The molecule has 0 aliphatic heterocycles. The fraction of sp³-hybridized carbons (Fsp3) is 0.562. The molecule has 3 nitrogen and oxygen atoms in total. The summed E-state index contributed by atoms with van der Waals surface area (Å²) in [6, 6.07) is 1.89. The van der Waals surface area contributed by atoms with Crippen LogP contribution in [0.5, 0.6) is 0 Å². The Morgan fingerprint density at radius 1 is 1.55 bits per heavy atom. The van der Waals surface area contributed by atoms with E-state index in [1.807, 2.05) is 13.0 Å². The zero-order valence-corrected chi connectivity index (χ0v) is 12.9. The average molecular weight is 291 g/mol. The summed E-state index contributed by atoms with van der Waals surface area (Å²) in [5, 5.41) is 11.8. The van der Waals surface area contributed by atoms with Gasteiger partial charge in [-0.3, -0.25) is 4.79 Å². The minimum absolute atomic E-state index is 0.00133. The molecule has 1 aliphatic carbocycles. The Labute approximate surface area is 124 Å². The van der Waals surface area contributed by atoms with Gasteiger partial charge in [0.1, 0.15) is 0 Å². The van der Waals surface area contributed by atoms with Crippen molar-refractivity contribution in [2.45, 2.75) is 39.5 Å². The molecule has 0 radical (unpaired) electrons. The van der Waals surface area contributed by atoms with Gasteiger partial charge in [-0.1, -0.05) is 25.2 Å². The largest absolute Gasteiger partial charge is 0.395 e. The molecular weight excluding hydrogens is 270 g/mol. The molecule has 1 fully saturated rings. The minimum atomic E-state index is 0.00133. The van der Waals surface area contributed by atoms with Crippen LogP contribution >= 0.6 is 11.3 Å². The Balaban J connectivity index is 1.96. The van der Waals surface area contributed by atoms with Crippen LogP contribution in [0.25, 0.3) is 0 Å². The average Bonchev–Trinajstić information content (AvgIpc) is 2.76. The number of rotatable bonds is 4. The van der Waals surface area contributed by atoms with E-state index in [-0.39, 0.29) is 12.5 Å². The molecular formula is C16H21NO2S. The Kier molecular flexibility index (Phi) is 4.85. The van der Waals surface area contributed by atoms with Crippen LogP contribution in [0.3, 0.4) is 0 Å². The highest BCUT2D eigenvalue weighted by molar-refractivity contribution is 7.14. The zero-order valence-electron chi connectivity index (χ0n) is 12.1. The number of aliphatic hydroxyl groups excluding tert-OH is 1. The topological polar surface area (TPSA) is 49.3 Å². The number of thiophene rings is 1. The third kappa shape index (κ3) is 3.62. The number of carbonyl (C=O) groups excluding carboxylic acids is 1. The van der Waals surface area contributed by atoms with Gasteiger partial charge in [0, 0.05) is 13.0 Å². The van der Waals surface area contributed by atoms with Crippen molar-refractivity contribution in [3.8, 4) is 11.8 Å². The monoisotopic (exact) mass is 291 g/mol. The molecule has 0 saturated heterocycles. The molecule has 0 spiro atoms. The van der Waals surface area contributed by atoms with Crippen molar-refractivity contribution in [2.24, 2.45) is 5.41 Å². The van der Waals surface area contributed by atoms with E-state index in [9.17, 15) is 4.79 Å². The highest BCUT2D eigenvalue weighted by Gasteiger charge is 2.32. The van der Waals surface area contributed by atoms with E-state index in [4.69, 9.17) is 5.11 Å². The first-order valence-corrected chi connectivity index (χ1v) is 7.84. The predicted octanol–water partition coefficient (Wildman–Crippen LogP) is 2.71. The van der Waals surface area contributed by atoms with E-state index in [1.165, 1.54) is 30.6 Å². The SMILES string of the molecule is Cc1cc(C(=O)NCC2(C)CCC2)sc1C#CCCO. The van der Waals surface area contributed by atoms with E-state index in [1.54, 1.807) is 0 Å². The quantitative estimate of drug-likeness (QED) is 0.838. The number of hydrogen-bond acceptors (Lipinski definition) is 3. The van der Waals surface area contributed by atoms with E-state index < -0.39 is 0 Å². The van der Waals surface area contributed by atoms with Crippen molar-refractivity contribution in [2.75, 3.05) is 13.2 Å². The van der Waals surface area contributed by atoms with Gasteiger partial charge in [-0.05, 0) is 36.8 Å². The van der Waals surface area contributed by atoms with Crippen molar-refractivity contribution in [1.29, 1.82) is 0 Å². The number of aryl methyl sites for hydroxylation is 1. The first-order chi connectivity index (χ1) is 9.54. The zero-order chi connectivity index (χ0) is 14.6. The Hall–Kier alpha value is -1.31. The van der Waals surface area contributed by atoms with Crippen molar-refractivity contribution in [3.63, 3.8) is 0 Å². The van der Waals surface area contributed by atoms with Crippen LogP contribution in [0.2, 0.25) is 0 Å². The molecule has 0 unspecified atom stereocenters. The Morgan fingerprint density at radius 2 is 2.30 bits per heavy atom. The van der Waals surface area contributed by atoms with Crippen LogP contribution in [0.4, 0.5) is 0 Å². The lowest BCUT2D eigenvalue weighted by atomic mass is 9.70. The van der Waals surface area contributed by atoms with Crippen LogP contribution < -0.4 is 5.32 Å². The fourth-order valence-corrected chi connectivity index (χ4v) is 3.22. The normalized spacial score (nSPS) is 15.9. The van der Waals surface area contributed by atoms with Crippen LogP contribution in [-0.2, 0) is 0 Å². The van der Waals surface area contributed by atoms with Crippen molar-refractivity contribution in [3.05, 3.63) is 21.4 Å². The summed E-state index contributed by atoms with van der Waals surface area (Å²) < 4.78 is 0. The molecule has 2 N–H and O–H groups in total. The highest BCUT2D eigenvalue weighted by atomic mass is 32.1. The molecule has 2 rings (SSSR count). The number of hydrogen-bond donors (Lipinski definition) is 2. The maximum Gasteiger partial charge on any atom is 0.261 e. The molecule has 1 aromatic heterocycles. The van der Waals surface area contributed by atoms with E-state index >= 15 is 0 Å². The lowest BCUT2D eigenvalue weighted by molar-refractivity contribution is 0.0894. The summed E-state index contributed by atoms with van der Waals surface area (Å²) in [6.45, 7) is 5.02. The van der Waals surface area contributed by atoms with E-state index in [0.717, 1.165) is 21.9 Å². The molecule has 20 heavy (non-hydrogen) atoms. The molecule has 1 amide bonds. The third-order valence-electron chi connectivity index (χ3n) is 3.82. The molecule has 1 aliphatic rings. The molecule has 0 aromatic carbocycles. The smallest absolute Gasteiger partial charge is 0.261 e.